The Bertz CT molecular complexity index is 560. The van der Waals surface area contributed by atoms with Crippen LogP contribution in [0.5, 0.6) is 0 Å². The largest absolute Gasteiger partial charge is 0.344 e. The van der Waals surface area contributed by atoms with Crippen molar-refractivity contribution >= 4 is 38.4 Å². The van der Waals surface area contributed by atoms with Gasteiger partial charge >= 0.3 is 0 Å². The van der Waals surface area contributed by atoms with Gasteiger partial charge in [0.2, 0.25) is 0 Å². The van der Waals surface area contributed by atoms with Crippen LogP contribution in [-0.4, -0.2) is 24.3 Å². The van der Waals surface area contributed by atoms with E-state index in [1.807, 2.05) is 0 Å². The molecule has 0 saturated heterocycles. The van der Waals surface area contributed by atoms with E-state index in [0.29, 0.717) is 0 Å². The molecule has 2 heterocycles. The van der Waals surface area contributed by atoms with Gasteiger partial charge in [0.15, 0.2) is 5.13 Å². The van der Waals surface area contributed by atoms with Crippen LogP contribution in [-0.2, 0) is 0 Å². The number of rotatable bonds is 2. The molecule has 0 saturated carbocycles. The highest BCUT2D eigenvalue weighted by molar-refractivity contribution is 7.98. The molecule has 2 aromatic rings. The summed E-state index contributed by atoms with van der Waals surface area (Å²) in [6.07, 6.45) is 7.71. The standard InChI is InChI=1S/C13H14N2S2/c1-16-10-6-5-7-11-12(10)14-13(17-11)15-8-3-2-4-9-15/h2-3,5-7H,4,8-9H2,1H3. The fourth-order valence-electron chi connectivity index (χ4n) is 2.03. The fourth-order valence-corrected chi connectivity index (χ4v) is 3.68. The van der Waals surface area contributed by atoms with Gasteiger partial charge in [-0.1, -0.05) is 29.6 Å². The zero-order chi connectivity index (χ0) is 11.7. The van der Waals surface area contributed by atoms with E-state index < -0.39 is 0 Å². The first-order valence-corrected chi connectivity index (χ1v) is 7.76. The molecular weight excluding hydrogens is 248 g/mol. The molecule has 4 heteroatoms. The lowest BCUT2D eigenvalue weighted by molar-refractivity contribution is 0.818. The Morgan fingerprint density at radius 2 is 2.29 bits per heavy atom. The topological polar surface area (TPSA) is 16.1 Å². The van der Waals surface area contributed by atoms with Crippen molar-refractivity contribution in [1.29, 1.82) is 0 Å². The van der Waals surface area contributed by atoms with Crippen molar-refractivity contribution in [3.63, 3.8) is 0 Å². The number of aromatic nitrogens is 1. The third-order valence-electron chi connectivity index (χ3n) is 2.92. The molecule has 0 bridgehead atoms. The molecule has 17 heavy (non-hydrogen) atoms. The number of benzene rings is 1. The molecule has 0 spiro atoms. The van der Waals surface area contributed by atoms with Crippen molar-refractivity contribution in [2.45, 2.75) is 11.3 Å². The van der Waals surface area contributed by atoms with Crippen LogP contribution in [0.15, 0.2) is 35.2 Å². The normalized spacial score (nSPS) is 15.7. The summed E-state index contributed by atoms with van der Waals surface area (Å²) in [5, 5.41) is 1.16. The van der Waals surface area contributed by atoms with E-state index in [2.05, 4.69) is 41.5 Å². The molecule has 1 aliphatic rings. The van der Waals surface area contributed by atoms with Gasteiger partial charge in [0.25, 0.3) is 0 Å². The van der Waals surface area contributed by atoms with E-state index in [0.717, 1.165) is 30.2 Å². The zero-order valence-corrected chi connectivity index (χ0v) is 11.4. The Hall–Kier alpha value is -1.00. The van der Waals surface area contributed by atoms with Crippen LogP contribution >= 0.6 is 23.1 Å². The first kappa shape index (κ1) is 11.1. The average Bonchev–Trinajstić information content (AvgIpc) is 2.83. The van der Waals surface area contributed by atoms with Crippen molar-refractivity contribution in [2.24, 2.45) is 0 Å². The number of hydrogen-bond donors (Lipinski definition) is 0. The molecule has 0 aliphatic carbocycles. The Kier molecular flexibility index (Phi) is 3.07. The van der Waals surface area contributed by atoms with E-state index in [1.165, 1.54) is 9.60 Å². The van der Waals surface area contributed by atoms with Crippen molar-refractivity contribution in [2.75, 3.05) is 24.2 Å². The van der Waals surface area contributed by atoms with Gasteiger partial charge < -0.3 is 4.90 Å². The molecule has 0 amide bonds. The summed E-state index contributed by atoms with van der Waals surface area (Å²) < 4.78 is 1.29. The van der Waals surface area contributed by atoms with Crippen LogP contribution in [0.1, 0.15) is 6.42 Å². The highest BCUT2D eigenvalue weighted by Crippen LogP contribution is 2.34. The number of thiazole rings is 1. The van der Waals surface area contributed by atoms with Crippen LogP contribution in [0.3, 0.4) is 0 Å². The summed E-state index contributed by atoms with van der Waals surface area (Å²) in [4.78, 5) is 8.43. The highest BCUT2D eigenvalue weighted by Gasteiger charge is 2.13. The fraction of sp³-hybridized carbons (Fsp3) is 0.308. The Morgan fingerprint density at radius 3 is 3.06 bits per heavy atom. The zero-order valence-electron chi connectivity index (χ0n) is 9.72. The summed E-state index contributed by atoms with van der Waals surface area (Å²) in [6, 6.07) is 6.43. The quantitative estimate of drug-likeness (QED) is 0.605. The van der Waals surface area contributed by atoms with Gasteiger partial charge in [0.1, 0.15) is 0 Å². The average molecular weight is 262 g/mol. The molecule has 1 aliphatic heterocycles. The van der Waals surface area contributed by atoms with Gasteiger partial charge in [0, 0.05) is 18.0 Å². The van der Waals surface area contributed by atoms with Crippen LogP contribution in [0, 0.1) is 0 Å². The number of anilines is 1. The second kappa shape index (κ2) is 4.70. The molecule has 1 aromatic carbocycles. The molecule has 0 atom stereocenters. The Morgan fingerprint density at radius 1 is 1.35 bits per heavy atom. The van der Waals surface area contributed by atoms with E-state index in [-0.39, 0.29) is 0 Å². The lowest BCUT2D eigenvalue weighted by Crippen LogP contribution is -2.26. The maximum Gasteiger partial charge on any atom is 0.186 e. The number of para-hydroxylation sites is 1. The third kappa shape index (κ3) is 2.07. The Balaban J connectivity index is 2.04. The molecule has 0 unspecified atom stereocenters. The lowest BCUT2D eigenvalue weighted by atomic mass is 10.3. The van der Waals surface area contributed by atoms with E-state index >= 15 is 0 Å². The van der Waals surface area contributed by atoms with E-state index in [1.54, 1.807) is 23.1 Å². The van der Waals surface area contributed by atoms with Crippen LogP contribution in [0.2, 0.25) is 0 Å². The first-order valence-electron chi connectivity index (χ1n) is 5.72. The van der Waals surface area contributed by atoms with Crippen molar-refractivity contribution in [1.82, 2.24) is 4.98 Å². The molecular formula is C13H14N2S2. The maximum absolute atomic E-state index is 4.80. The molecule has 0 N–H and O–H groups in total. The van der Waals surface area contributed by atoms with Crippen LogP contribution < -0.4 is 4.90 Å². The molecule has 3 rings (SSSR count). The first-order chi connectivity index (χ1) is 8.38. The minimum absolute atomic E-state index is 0.994. The van der Waals surface area contributed by atoms with Gasteiger partial charge in [-0.05, 0) is 24.8 Å². The minimum atomic E-state index is 0.994. The monoisotopic (exact) mass is 262 g/mol. The highest BCUT2D eigenvalue weighted by atomic mass is 32.2. The second-order valence-corrected chi connectivity index (χ2v) is 5.87. The third-order valence-corrected chi connectivity index (χ3v) is 4.77. The van der Waals surface area contributed by atoms with Gasteiger partial charge in [0.05, 0.1) is 10.2 Å². The second-order valence-electron chi connectivity index (χ2n) is 4.01. The SMILES string of the molecule is CSc1cccc2sc(N3CC=CCC3)nc12. The number of thioether (sulfide) groups is 1. The van der Waals surface area contributed by atoms with Crippen LogP contribution in [0.25, 0.3) is 10.2 Å². The summed E-state index contributed by atoms with van der Waals surface area (Å²) in [5.74, 6) is 0. The molecule has 88 valence electrons. The molecule has 0 fully saturated rings. The van der Waals surface area contributed by atoms with Crippen LogP contribution in [0.4, 0.5) is 5.13 Å². The predicted molar refractivity (Wildman–Crippen MR) is 77.4 cm³/mol. The van der Waals surface area contributed by atoms with E-state index in [9.17, 15) is 0 Å². The number of fused-ring (bicyclic) bond motifs is 1. The minimum Gasteiger partial charge on any atom is -0.344 e. The number of nitrogens with zero attached hydrogens (tertiary/aromatic N) is 2. The summed E-state index contributed by atoms with van der Waals surface area (Å²) in [7, 11) is 0. The smallest absolute Gasteiger partial charge is 0.186 e. The van der Waals surface area contributed by atoms with Gasteiger partial charge in [-0.15, -0.1) is 11.8 Å². The lowest BCUT2D eigenvalue weighted by Gasteiger charge is -2.21. The van der Waals surface area contributed by atoms with Crippen molar-refractivity contribution in [3.8, 4) is 0 Å². The van der Waals surface area contributed by atoms with Crippen molar-refractivity contribution in [3.05, 3.63) is 30.4 Å². The molecule has 2 nitrogen and oxygen atoms in total. The Labute approximate surface area is 109 Å². The summed E-state index contributed by atoms with van der Waals surface area (Å²) in [6.45, 7) is 2.08. The summed E-state index contributed by atoms with van der Waals surface area (Å²) >= 11 is 3.57. The van der Waals surface area contributed by atoms with Crippen molar-refractivity contribution < 1.29 is 0 Å². The maximum atomic E-state index is 4.80. The van der Waals surface area contributed by atoms with Gasteiger partial charge in [-0.25, -0.2) is 4.98 Å². The van der Waals surface area contributed by atoms with E-state index in [4.69, 9.17) is 4.98 Å². The predicted octanol–water partition coefficient (Wildman–Crippen LogP) is 3.78. The number of hydrogen-bond acceptors (Lipinski definition) is 4. The van der Waals surface area contributed by atoms with Gasteiger partial charge in [-0.2, -0.15) is 0 Å². The van der Waals surface area contributed by atoms with Gasteiger partial charge in [-0.3, -0.25) is 0 Å². The molecule has 0 radical (unpaired) electrons. The molecule has 1 aromatic heterocycles. The summed E-state index contributed by atoms with van der Waals surface area (Å²) in [5.41, 5.74) is 1.16.